The zero-order valence-corrected chi connectivity index (χ0v) is 9.90. The van der Waals surface area contributed by atoms with Gasteiger partial charge in [0.1, 0.15) is 17.4 Å². The first-order chi connectivity index (χ1) is 7.96. The van der Waals surface area contributed by atoms with Gasteiger partial charge in [-0.3, -0.25) is 0 Å². The Morgan fingerprint density at radius 3 is 2.47 bits per heavy atom. The molecule has 0 saturated heterocycles. The van der Waals surface area contributed by atoms with Gasteiger partial charge >= 0.3 is 6.18 Å². The van der Waals surface area contributed by atoms with Crippen LogP contribution in [0.15, 0.2) is 0 Å². The Bertz CT molecular complexity index is 418. The number of fused-ring (bicyclic) bond motifs is 1. The highest BCUT2D eigenvalue weighted by Crippen LogP contribution is 2.26. The number of alkyl halides is 3. The van der Waals surface area contributed by atoms with E-state index < -0.39 is 12.6 Å². The first-order valence-corrected chi connectivity index (χ1v) is 5.94. The van der Waals surface area contributed by atoms with Crippen molar-refractivity contribution < 1.29 is 13.2 Å². The highest BCUT2D eigenvalue weighted by atomic mass is 35.5. The quantitative estimate of drug-likeness (QED) is 0.573. The number of halogens is 4. The van der Waals surface area contributed by atoms with E-state index in [0.717, 1.165) is 31.2 Å². The molecule has 17 heavy (non-hydrogen) atoms. The van der Waals surface area contributed by atoms with Gasteiger partial charge in [-0.15, -0.1) is 0 Å². The molecule has 0 saturated carbocycles. The van der Waals surface area contributed by atoms with Gasteiger partial charge in [0.05, 0.1) is 0 Å². The molecule has 2 rings (SSSR count). The highest BCUT2D eigenvalue weighted by Gasteiger charge is 2.30. The fraction of sp³-hybridized carbons (Fsp3) is 0.636. The van der Waals surface area contributed by atoms with Gasteiger partial charge in [-0.25, -0.2) is 9.97 Å². The monoisotopic (exact) mass is 264 g/mol. The van der Waals surface area contributed by atoms with Crippen molar-refractivity contribution in [3.8, 4) is 0 Å². The van der Waals surface area contributed by atoms with Gasteiger partial charge in [0.25, 0.3) is 0 Å². The van der Waals surface area contributed by atoms with E-state index in [4.69, 9.17) is 11.6 Å². The number of aryl methyl sites for hydroxylation is 1. The minimum Gasteiger partial charge on any atom is -0.237 e. The van der Waals surface area contributed by atoms with Gasteiger partial charge in [-0.05, 0) is 25.7 Å². The van der Waals surface area contributed by atoms with E-state index in [9.17, 15) is 13.2 Å². The van der Waals surface area contributed by atoms with Crippen molar-refractivity contribution in [3.05, 3.63) is 22.2 Å². The van der Waals surface area contributed by atoms with E-state index >= 15 is 0 Å². The number of hydrogen-bond acceptors (Lipinski definition) is 2. The lowest BCUT2D eigenvalue weighted by Crippen LogP contribution is -2.16. The second-order valence-corrected chi connectivity index (χ2v) is 4.57. The van der Waals surface area contributed by atoms with Crippen molar-refractivity contribution in [2.24, 2.45) is 0 Å². The van der Waals surface area contributed by atoms with Crippen LogP contribution < -0.4 is 0 Å². The van der Waals surface area contributed by atoms with E-state index in [1.807, 2.05) is 0 Å². The predicted molar refractivity (Wildman–Crippen MR) is 58.1 cm³/mol. The lowest BCUT2D eigenvalue weighted by molar-refractivity contribution is -0.128. The molecule has 1 aromatic heterocycles. The van der Waals surface area contributed by atoms with Crippen molar-refractivity contribution in [1.29, 1.82) is 0 Å². The fourth-order valence-corrected chi connectivity index (χ4v) is 2.33. The Morgan fingerprint density at radius 1 is 1.06 bits per heavy atom. The van der Waals surface area contributed by atoms with Gasteiger partial charge in [-0.2, -0.15) is 13.2 Å². The number of nitrogens with zero attached hydrogens (tertiary/aromatic N) is 2. The van der Waals surface area contributed by atoms with Crippen molar-refractivity contribution in [2.45, 2.75) is 44.7 Å². The van der Waals surface area contributed by atoms with Crippen molar-refractivity contribution in [3.63, 3.8) is 0 Å². The first kappa shape index (κ1) is 12.6. The van der Waals surface area contributed by atoms with E-state index in [-0.39, 0.29) is 11.0 Å². The number of rotatable bonds is 1. The van der Waals surface area contributed by atoms with Crippen LogP contribution in [0.1, 0.15) is 36.3 Å². The van der Waals surface area contributed by atoms with Gasteiger partial charge in [0, 0.05) is 11.3 Å². The predicted octanol–water partition coefficient (Wildman–Crippen LogP) is 3.50. The molecule has 1 aliphatic rings. The van der Waals surface area contributed by atoms with Crippen LogP contribution in [0.4, 0.5) is 13.2 Å². The second kappa shape index (κ2) is 4.80. The third-order valence-electron chi connectivity index (χ3n) is 2.79. The Kier molecular flexibility index (Phi) is 3.56. The molecule has 2 nitrogen and oxygen atoms in total. The molecular formula is C11H12ClF3N2. The summed E-state index contributed by atoms with van der Waals surface area (Å²) < 4.78 is 36.8. The lowest BCUT2D eigenvalue weighted by Gasteiger charge is -2.10. The maximum atomic E-state index is 12.3. The van der Waals surface area contributed by atoms with Crippen LogP contribution in [0.2, 0.25) is 5.15 Å². The number of aromatic nitrogens is 2. The molecule has 1 aliphatic carbocycles. The Labute approximate surface area is 102 Å². The third kappa shape index (κ3) is 3.31. The molecule has 0 aromatic carbocycles. The smallest absolute Gasteiger partial charge is 0.237 e. The standard InChI is InChI=1S/C11H12ClF3N2/c12-10-7-4-2-1-3-5-8(7)16-9(17-10)6-11(13,14)15/h1-6H2. The summed E-state index contributed by atoms with van der Waals surface area (Å²) in [6.45, 7) is 0. The van der Waals surface area contributed by atoms with Gasteiger partial charge in [0.2, 0.25) is 0 Å². The fourth-order valence-electron chi connectivity index (χ4n) is 2.03. The van der Waals surface area contributed by atoms with Crippen LogP contribution in [-0.4, -0.2) is 16.1 Å². The van der Waals surface area contributed by atoms with Gasteiger partial charge in [0.15, 0.2) is 0 Å². The highest BCUT2D eigenvalue weighted by molar-refractivity contribution is 6.30. The molecule has 0 fully saturated rings. The minimum absolute atomic E-state index is 0.191. The molecule has 0 radical (unpaired) electrons. The molecule has 0 unspecified atom stereocenters. The molecule has 1 aromatic rings. The average molecular weight is 265 g/mol. The summed E-state index contributed by atoms with van der Waals surface area (Å²) in [7, 11) is 0. The topological polar surface area (TPSA) is 25.8 Å². The van der Waals surface area contributed by atoms with Crippen LogP contribution in [0.3, 0.4) is 0 Å². The van der Waals surface area contributed by atoms with Crippen LogP contribution >= 0.6 is 11.6 Å². The van der Waals surface area contributed by atoms with Gasteiger partial charge < -0.3 is 0 Å². The molecular weight excluding hydrogens is 253 g/mol. The molecule has 0 N–H and O–H groups in total. The van der Waals surface area contributed by atoms with Crippen LogP contribution in [0.25, 0.3) is 0 Å². The summed E-state index contributed by atoms with van der Waals surface area (Å²) in [4.78, 5) is 7.75. The second-order valence-electron chi connectivity index (χ2n) is 4.21. The largest absolute Gasteiger partial charge is 0.396 e. The first-order valence-electron chi connectivity index (χ1n) is 5.56. The summed E-state index contributed by atoms with van der Waals surface area (Å²) in [5.74, 6) is -0.219. The van der Waals surface area contributed by atoms with Gasteiger partial charge in [-0.1, -0.05) is 18.0 Å². The van der Waals surface area contributed by atoms with Crippen LogP contribution in [0, 0.1) is 0 Å². The van der Waals surface area contributed by atoms with Crippen molar-refractivity contribution in [1.82, 2.24) is 9.97 Å². The Morgan fingerprint density at radius 2 is 1.76 bits per heavy atom. The molecule has 0 aliphatic heterocycles. The van der Waals surface area contributed by atoms with Crippen molar-refractivity contribution >= 4 is 11.6 Å². The summed E-state index contributed by atoms with van der Waals surface area (Å²) in [5.41, 5.74) is 1.52. The zero-order chi connectivity index (χ0) is 12.5. The number of hydrogen-bond donors (Lipinski definition) is 0. The molecule has 1 heterocycles. The minimum atomic E-state index is -4.29. The van der Waals surface area contributed by atoms with Crippen molar-refractivity contribution in [2.75, 3.05) is 0 Å². The Hall–Kier alpha value is -0.840. The van der Waals surface area contributed by atoms with E-state index in [1.54, 1.807) is 0 Å². The summed E-state index contributed by atoms with van der Waals surface area (Å²) in [5, 5.41) is 0.191. The van der Waals surface area contributed by atoms with Crippen LogP contribution in [-0.2, 0) is 19.3 Å². The van der Waals surface area contributed by atoms with E-state index in [0.29, 0.717) is 12.1 Å². The van der Waals surface area contributed by atoms with E-state index in [1.165, 1.54) is 0 Å². The molecule has 0 amide bonds. The summed E-state index contributed by atoms with van der Waals surface area (Å²) in [6, 6.07) is 0. The SMILES string of the molecule is FC(F)(F)Cc1nc(Cl)c2c(n1)CCCCC2. The van der Waals surface area contributed by atoms with Crippen LogP contribution in [0.5, 0.6) is 0 Å². The normalized spacial score (nSPS) is 16.5. The molecule has 0 spiro atoms. The van der Waals surface area contributed by atoms with E-state index in [2.05, 4.69) is 9.97 Å². The molecule has 0 atom stereocenters. The maximum absolute atomic E-state index is 12.3. The average Bonchev–Trinajstić information content (AvgIpc) is 2.40. The third-order valence-corrected chi connectivity index (χ3v) is 3.10. The molecule has 0 bridgehead atoms. The summed E-state index contributed by atoms with van der Waals surface area (Å²) >= 11 is 5.93. The molecule has 94 valence electrons. The Balaban J connectivity index is 2.32. The lowest BCUT2D eigenvalue weighted by atomic mass is 10.1. The maximum Gasteiger partial charge on any atom is 0.396 e. The zero-order valence-electron chi connectivity index (χ0n) is 9.15. The molecule has 6 heteroatoms. The summed E-state index contributed by atoms with van der Waals surface area (Å²) in [6.07, 6.45) is -0.938.